The van der Waals surface area contributed by atoms with Gasteiger partial charge in [0, 0.05) is 10.4 Å². The highest BCUT2D eigenvalue weighted by atomic mass is 35.5. The maximum atomic E-state index is 6.18. The van der Waals surface area contributed by atoms with Crippen molar-refractivity contribution in [2.24, 2.45) is 4.99 Å². The van der Waals surface area contributed by atoms with Crippen molar-refractivity contribution in [3.63, 3.8) is 0 Å². The van der Waals surface area contributed by atoms with Crippen molar-refractivity contribution in [1.29, 1.82) is 0 Å². The maximum absolute atomic E-state index is 6.18. The van der Waals surface area contributed by atoms with Crippen molar-refractivity contribution < 1.29 is 4.42 Å². The van der Waals surface area contributed by atoms with E-state index in [4.69, 9.17) is 26.0 Å². The number of aromatic nitrogens is 2. The van der Waals surface area contributed by atoms with E-state index >= 15 is 0 Å². The van der Waals surface area contributed by atoms with E-state index < -0.39 is 0 Å². The van der Waals surface area contributed by atoms with Crippen molar-refractivity contribution in [2.45, 2.75) is 6.92 Å². The zero-order valence-electron chi connectivity index (χ0n) is 15.1. The first kappa shape index (κ1) is 16.8. The number of aromatic amines is 1. The first-order chi connectivity index (χ1) is 13.7. The van der Waals surface area contributed by atoms with E-state index in [0.717, 1.165) is 38.8 Å². The number of halogens is 1. The number of nitrogens with one attached hydrogen (secondary N) is 1. The molecule has 2 aromatic heterocycles. The van der Waals surface area contributed by atoms with Crippen molar-refractivity contribution in [1.82, 2.24) is 9.97 Å². The normalized spacial score (nSPS) is 12.1. The average Bonchev–Trinajstić information content (AvgIpc) is 3.13. The number of fused-ring (bicyclic) bond motifs is 2. The molecule has 0 atom stereocenters. The van der Waals surface area contributed by atoms with Crippen LogP contribution in [0.15, 0.2) is 82.2 Å². The van der Waals surface area contributed by atoms with Crippen LogP contribution in [0.1, 0.15) is 5.56 Å². The van der Waals surface area contributed by atoms with Crippen LogP contribution < -0.4 is 5.55 Å². The molecule has 0 saturated heterocycles. The van der Waals surface area contributed by atoms with Crippen molar-refractivity contribution in [2.75, 3.05) is 0 Å². The predicted molar refractivity (Wildman–Crippen MR) is 113 cm³/mol. The summed E-state index contributed by atoms with van der Waals surface area (Å²) in [5.41, 5.74) is 5.80. The summed E-state index contributed by atoms with van der Waals surface area (Å²) >= 11 is 6.18. The Kier molecular flexibility index (Phi) is 3.99. The van der Waals surface area contributed by atoms with Gasteiger partial charge in [-0.15, -0.1) is 0 Å². The van der Waals surface area contributed by atoms with Crippen LogP contribution in [-0.2, 0) is 0 Å². The largest absolute Gasteiger partial charge is 0.438 e. The molecule has 0 aliphatic carbocycles. The molecular weight excluding hydrogens is 370 g/mol. The lowest BCUT2D eigenvalue weighted by atomic mass is 10.1. The molecule has 28 heavy (non-hydrogen) atoms. The Morgan fingerprint density at radius 1 is 0.964 bits per heavy atom. The lowest BCUT2D eigenvalue weighted by Gasteiger charge is -2.04. The van der Waals surface area contributed by atoms with Crippen molar-refractivity contribution in [3.05, 3.63) is 88.9 Å². The van der Waals surface area contributed by atoms with E-state index in [2.05, 4.69) is 4.98 Å². The summed E-state index contributed by atoms with van der Waals surface area (Å²) in [5, 5.41) is 1.55. The Hall–Kier alpha value is -3.37. The third-order valence-electron chi connectivity index (χ3n) is 4.69. The van der Waals surface area contributed by atoms with Gasteiger partial charge in [0.05, 0.1) is 22.3 Å². The first-order valence-corrected chi connectivity index (χ1v) is 9.34. The summed E-state index contributed by atoms with van der Waals surface area (Å²) in [6.07, 6.45) is 0. The third kappa shape index (κ3) is 2.98. The standard InChI is InChI=1S/C23H16ClN3O/c1-14-6-2-3-7-18(14)27-23-17(13-15-12-16(24)10-11-21(15)28-23)22-25-19-8-4-5-9-20(19)26-22/h2-13H,1H3,(H,25,26). The van der Waals surface area contributed by atoms with Crippen LogP contribution in [0.5, 0.6) is 0 Å². The summed E-state index contributed by atoms with van der Waals surface area (Å²) in [7, 11) is 0. The van der Waals surface area contributed by atoms with E-state index in [1.165, 1.54) is 0 Å². The molecule has 136 valence electrons. The number of para-hydroxylation sites is 3. The van der Waals surface area contributed by atoms with Crippen molar-refractivity contribution >= 4 is 39.3 Å². The average molecular weight is 386 g/mol. The fourth-order valence-electron chi connectivity index (χ4n) is 3.23. The monoisotopic (exact) mass is 385 g/mol. The van der Waals surface area contributed by atoms with Gasteiger partial charge in [0.15, 0.2) is 0 Å². The van der Waals surface area contributed by atoms with E-state index in [9.17, 15) is 0 Å². The molecule has 0 radical (unpaired) electrons. The molecule has 0 saturated carbocycles. The van der Waals surface area contributed by atoms with Gasteiger partial charge in [0.2, 0.25) is 5.55 Å². The minimum atomic E-state index is 0.503. The summed E-state index contributed by atoms with van der Waals surface area (Å²) in [6.45, 7) is 2.03. The summed E-state index contributed by atoms with van der Waals surface area (Å²) in [5.74, 6) is 0.708. The van der Waals surface area contributed by atoms with Crippen molar-refractivity contribution in [3.8, 4) is 11.4 Å². The first-order valence-electron chi connectivity index (χ1n) is 8.96. The number of imidazole rings is 1. The minimum Gasteiger partial charge on any atom is -0.438 e. The Morgan fingerprint density at radius 2 is 1.79 bits per heavy atom. The van der Waals surface area contributed by atoms with Crippen LogP contribution >= 0.6 is 11.6 Å². The second-order valence-corrected chi connectivity index (χ2v) is 7.08. The number of nitrogens with zero attached hydrogens (tertiary/aromatic N) is 2. The Morgan fingerprint density at radius 3 is 2.64 bits per heavy atom. The molecule has 0 bridgehead atoms. The highest BCUT2D eigenvalue weighted by Crippen LogP contribution is 2.25. The fourth-order valence-corrected chi connectivity index (χ4v) is 3.41. The van der Waals surface area contributed by atoms with Gasteiger partial charge >= 0.3 is 0 Å². The molecular formula is C23H16ClN3O. The van der Waals surface area contributed by atoms with Crippen LogP contribution in [0.2, 0.25) is 5.02 Å². The molecule has 0 amide bonds. The van der Waals surface area contributed by atoms with E-state index in [1.54, 1.807) is 0 Å². The van der Waals surface area contributed by atoms with Gasteiger partial charge in [-0.3, -0.25) is 0 Å². The highest BCUT2D eigenvalue weighted by molar-refractivity contribution is 6.31. The Labute approximate surface area is 166 Å². The van der Waals surface area contributed by atoms with Crippen LogP contribution in [0.4, 0.5) is 5.69 Å². The van der Waals surface area contributed by atoms with Gasteiger partial charge in [0.25, 0.3) is 0 Å². The SMILES string of the molecule is Cc1ccccc1N=c1oc2ccc(Cl)cc2cc1-c1nc2ccccc2[nH]1. The summed E-state index contributed by atoms with van der Waals surface area (Å²) < 4.78 is 6.17. The lowest BCUT2D eigenvalue weighted by Crippen LogP contribution is -2.06. The van der Waals surface area contributed by atoms with Gasteiger partial charge in [0.1, 0.15) is 11.4 Å². The van der Waals surface area contributed by atoms with Crippen LogP contribution in [0.25, 0.3) is 33.4 Å². The van der Waals surface area contributed by atoms with E-state index in [0.29, 0.717) is 16.4 Å². The molecule has 0 aliphatic heterocycles. The minimum absolute atomic E-state index is 0.503. The molecule has 5 aromatic rings. The molecule has 0 unspecified atom stereocenters. The zero-order chi connectivity index (χ0) is 19.1. The second kappa shape index (κ2) is 6.66. The molecule has 1 N–H and O–H groups in total. The molecule has 5 heteroatoms. The smallest absolute Gasteiger partial charge is 0.230 e. The quantitative estimate of drug-likeness (QED) is 0.395. The Balaban J connectivity index is 1.83. The molecule has 0 aliphatic rings. The molecule has 5 rings (SSSR count). The summed E-state index contributed by atoms with van der Waals surface area (Å²) in [6, 6.07) is 23.4. The molecule has 4 nitrogen and oxygen atoms in total. The number of H-pyrrole nitrogens is 1. The predicted octanol–water partition coefficient (Wildman–Crippen LogP) is 6.17. The molecule has 0 spiro atoms. The molecule has 0 fully saturated rings. The Bertz CT molecular complexity index is 1370. The number of hydrogen-bond acceptors (Lipinski definition) is 3. The molecule has 3 aromatic carbocycles. The van der Waals surface area contributed by atoms with Gasteiger partial charge in [-0.25, -0.2) is 9.98 Å². The molecule has 2 heterocycles. The zero-order valence-corrected chi connectivity index (χ0v) is 15.9. The van der Waals surface area contributed by atoms with Gasteiger partial charge < -0.3 is 9.40 Å². The maximum Gasteiger partial charge on any atom is 0.230 e. The second-order valence-electron chi connectivity index (χ2n) is 6.65. The summed E-state index contributed by atoms with van der Waals surface area (Å²) in [4.78, 5) is 12.9. The highest BCUT2D eigenvalue weighted by Gasteiger charge is 2.12. The lowest BCUT2D eigenvalue weighted by molar-refractivity contribution is 0.547. The van der Waals surface area contributed by atoms with Gasteiger partial charge in [-0.05, 0) is 55.0 Å². The number of aryl methyl sites for hydroxylation is 1. The van der Waals surface area contributed by atoms with E-state index in [1.807, 2.05) is 79.7 Å². The van der Waals surface area contributed by atoms with Crippen LogP contribution in [0.3, 0.4) is 0 Å². The van der Waals surface area contributed by atoms with Crippen LogP contribution in [0, 0.1) is 6.92 Å². The fraction of sp³-hybridized carbons (Fsp3) is 0.0435. The number of rotatable bonds is 2. The number of hydrogen-bond donors (Lipinski definition) is 1. The topological polar surface area (TPSA) is 54.2 Å². The van der Waals surface area contributed by atoms with Gasteiger partial charge in [-0.2, -0.15) is 0 Å². The van der Waals surface area contributed by atoms with E-state index in [-0.39, 0.29) is 0 Å². The third-order valence-corrected chi connectivity index (χ3v) is 4.93. The number of benzene rings is 3. The van der Waals surface area contributed by atoms with Crippen LogP contribution in [-0.4, -0.2) is 9.97 Å². The van der Waals surface area contributed by atoms with Gasteiger partial charge in [-0.1, -0.05) is 41.9 Å².